The van der Waals surface area contributed by atoms with Crippen LogP contribution in [0.4, 0.5) is 0 Å². The van der Waals surface area contributed by atoms with E-state index in [2.05, 4.69) is 5.10 Å². The molecule has 0 fully saturated rings. The summed E-state index contributed by atoms with van der Waals surface area (Å²) in [6.07, 6.45) is -0.0796. The molecule has 2 aromatic carbocycles. The highest BCUT2D eigenvalue weighted by Crippen LogP contribution is 2.15. The van der Waals surface area contributed by atoms with Gasteiger partial charge < -0.3 is 4.74 Å². The first kappa shape index (κ1) is 18.8. The molecule has 0 spiro atoms. The molecular formula is C20H17ClN2O4. The van der Waals surface area contributed by atoms with Crippen molar-refractivity contribution < 1.29 is 14.3 Å². The van der Waals surface area contributed by atoms with Crippen LogP contribution in [-0.2, 0) is 22.5 Å². The van der Waals surface area contributed by atoms with Crippen LogP contribution in [0.1, 0.15) is 23.0 Å². The van der Waals surface area contributed by atoms with Gasteiger partial charge in [0.25, 0.3) is 5.56 Å². The van der Waals surface area contributed by atoms with Crippen LogP contribution in [-0.4, -0.2) is 28.1 Å². The number of carbonyl (C=O) groups is 2. The number of ketones is 1. The molecule has 6 nitrogen and oxygen atoms in total. The average molecular weight is 385 g/mol. The number of halogens is 1. The molecule has 7 heteroatoms. The van der Waals surface area contributed by atoms with E-state index in [-0.39, 0.29) is 30.9 Å². The molecule has 0 saturated carbocycles. The molecule has 0 aliphatic rings. The number of fused-ring (bicyclic) bond motifs is 1. The zero-order valence-corrected chi connectivity index (χ0v) is 15.4. The standard InChI is InChI=1S/C20H17ClN2O4/c1-2-27-19(25)11-17-15-5-3-4-6-16(15)20(26)23(22-17)12-18(24)13-7-9-14(21)10-8-13/h3-10H,2,11-12H2,1H3. The highest BCUT2D eigenvalue weighted by molar-refractivity contribution is 6.30. The van der Waals surface area contributed by atoms with Crippen LogP contribution < -0.4 is 5.56 Å². The van der Waals surface area contributed by atoms with Gasteiger partial charge in [-0.25, -0.2) is 4.68 Å². The summed E-state index contributed by atoms with van der Waals surface area (Å²) in [5.41, 5.74) is 0.432. The Hall–Kier alpha value is -2.99. The van der Waals surface area contributed by atoms with Crippen LogP contribution in [0.3, 0.4) is 0 Å². The average Bonchev–Trinajstić information content (AvgIpc) is 2.66. The molecule has 1 aromatic heterocycles. The predicted molar refractivity (Wildman–Crippen MR) is 102 cm³/mol. The van der Waals surface area contributed by atoms with Crippen molar-refractivity contribution in [3.63, 3.8) is 0 Å². The molecule has 0 aliphatic heterocycles. The van der Waals surface area contributed by atoms with Crippen molar-refractivity contribution in [3.05, 3.63) is 75.2 Å². The smallest absolute Gasteiger partial charge is 0.311 e. The van der Waals surface area contributed by atoms with Crippen LogP contribution in [0.25, 0.3) is 10.8 Å². The zero-order valence-electron chi connectivity index (χ0n) is 14.6. The lowest BCUT2D eigenvalue weighted by Gasteiger charge is -2.10. The lowest BCUT2D eigenvalue weighted by Crippen LogP contribution is -2.29. The topological polar surface area (TPSA) is 78.3 Å². The number of aromatic nitrogens is 2. The van der Waals surface area contributed by atoms with Gasteiger partial charge in [-0.1, -0.05) is 29.8 Å². The minimum atomic E-state index is -0.440. The maximum absolute atomic E-state index is 12.7. The number of esters is 1. The lowest BCUT2D eigenvalue weighted by molar-refractivity contribution is -0.142. The molecule has 1 heterocycles. The summed E-state index contributed by atoms with van der Waals surface area (Å²) in [6.45, 7) is 1.74. The first-order chi connectivity index (χ1) is 13.0. The van der Waals surface area contributed by atoms with Crippen molar-refractivity contribution >= 4 is 34.1 Å². The van der Waals surface area contributed by atoms with Crippen molar-refractivity contribution in [3.8, 4) is 0 Å². The van der Waals surface area contributed by atoms with E-state index in [1.54, 1.807) is 55.5 Å². The number of ether oxygens (including phenoxy) is 1. The Morgan fingerprint density at radius 1 is 1.07 bits per heavy atom. The van der Waals surface area contributed by atoms with Crippen LogP contribution in [0.15, 0.2) is 53.3 Å². The Labute approximate surface area is 160 Å². The third-order valence-electron chi connectivity index (χ3n) is 4.02. The molecule has 3 rings (SSSR count). The molecule has 138 valence electrons. The van der Waals surface area contributed by atoms with Crippen molar-refractivity contribution in [1.29, 1.82) is 0 Å². The van der Waals surface area contributed by atoms with Gasteiger partial charge in [0.1, 0.15) is 6.54 Å². The summed E-state index contributed by atoms with van der Waals surface area (Å²) in [4.78, 5) is 37.1. The fourth-order valence-corrected chi connectivity index (χ4v) is 2.88. The SMILES string of the molecule is CCOC(=O)Cc1nn(CC(=O)c2ccc(Cl)cc2)c(=O)c2ccccc12. The van der Waals surface area contributed by atoms with Gasteiger partial charge in [-0.3, -0.25) is 14.4 Å². The molecule has 27 heavy (non-hydrogen) atoms. The molecule has 0 bridgehead atoms. The maximum Gasteiger partial charge on any atom is 0.311 e. The normalized spacial score (nSPS) is 10.7. The minimum Gasteiger partial charge on any atom is -0.466 e. The summed E-state index contributed by atoms with van der Waals surface area (Å²) < 4.78 is 6.07. The first-order valence-electron chi connectivity index (χ1n) is 8.42. The van der Waals surface area contributed by atoms with E-state index in [1.807, 2.05) is 0 Å². The Bertz CT molecular complexity index is 1060. The molecule has 3 aromatic rings. The number of benzene rings is 2. The molecule has 0 atom stereocenters. The highest BCUT2D eigenvalue weighted by Gasteiger charge is 2.16. The second-order valence-corrected chi connectivity index (χ2v) is 6.30. The Morgan fingerprint density at radius 2 is 1.74 bits per heavy atom. The summed E-state index contributed by atoms with van der Waals surface area (Å²) in [6, 6.07) is 13.3. The number of carbonyl (C=O) groups excluding carboxylic acids is 2. The quantitative estimate of drug-likeness (QED) is 0.482. The van der Waals surface area contributed by atoms with Gasteiger partial charge in [0, 0.05) is 16.0 Å². The number of hydrogen-bond acceptors (Lipinski definition) is 5. The Kier molecular flexibility index (Phi) is 5.66. The number of Topliss-reactive ketones (excluding diaryl/α,β-unsaturated/α-hetero) is 1. The monoisotopic (exact) mass is 384 g/mol. The third-order valence-corrected chi connectivity index (χ3v) is 4.27. The van der Waals surface area contributed by atoms with E-state index in [4.69, 9.17) is 16.3 Å². The van der Waals surface area contributed by atoms with Crippen LogP contribution in [0, 0.1) is 0 Å². The second-order valence-electron chi connectivity index (χ2n) is 5.87. The van der Waals surface area contributed by atoms with Crippen molar-refractivity contribution in [2.75, 3.05) is 6.61 Å². The summed E-state index contributed by atoms with van der Waals surface area (Å²) in [5, 5.41) is 5.75. The maximum atomic E-state index is 12.7. The predicted octanol–water partition coefficient (Wildman–Crippen LogP) is 3.04. The Morgan fingerprint density at radius 3 is 2.41 bits per heavy atom. The van der Waals surface area contributed by atoms with E-state index in [9.17, 15) is 14.4 Å². The van der Waals surface area contributed by atoms with Gasteiger partial charge in [-0.05, 0) is 37.3 Å². The molecule has 0 saturated heterocycles. The van der Waals surface area contributed by atoms with E-state index in [1.165, 1.54) is 0 Å². The summed E-state index contributed by atoms with van der Waals surface area (Å²) in [5.74, 6) is -0.719. The molecule has 0 aliphatic carbocycles. The van der Waals surface area contributed by atoms with Gasteiger partial charge in [-0.15, -0.1) is 0 Å². The van der Waals surface area contributed by atoms with E-state index in [0.717, 1.165) is 4.68 Å². The highest BCUT2D eigenvalue weighted by atomic mass is 35.5. The molecule has 0 N–H and O–H groups in total. The number of rotatable bonds is 6. The zero-order chi connectivity index (χ0) is 19.4. The van der Waals surface area contributed by atoms with Gasteiger partial charge in [0.2, 0.25) is 0 Å². The Balaban J connectivity index is 2.00. The van der Waals surface area contributed by atoms with Gasteiger partial charge in [0.05, 0.1) is 24.1 Å². The second kappa shape index (κ2) is 8.14. The van der Waals surface area contributed by atoms with E-state index in [0.29, 0.717) is 27.1 Å². The van der Waals surface area contributed by atoms with Crippen LogP contribution >= 0.6 is 11.6 Å². The fourth-order valence-electron chi connectivity index (χ4n) is 2.75. The third kappa shape index (κ3) is 4.23. The van der Waals surface area contributed by atoms with Crippen LogP contribution in [0.2, 0.25) is 5.02 Å². The summed E-state index contributed by atoms with van der Waals surface area (Å²) in [7, 11) is 0. The molecular weight excluding hydrogens is 368 g/mol. The number of hydrogen-bond donors (Lipinski definition) is 0. The van der Waals surface area contributed by atoms with Gasteiger partial charge >= 0.3 is 5.97 Å². The van der Waals surface area contributed by atoms with Gasteiger partial charge in [0.15, 0.2) is 5.78 Å². The van der Waals surface area contributed by atoms with E-state index >= 15 is 0 Å². The molecule has 0 radical (unpaired) electrons. The minimum absolute atomic E-state index is 0.0796. The van der Waals surface area contributed by atoms with Gasteiger partial charge in [-0.2, -0.15) is 5.10 Å². The van der Waals surface area contributed by atoms with E-state index < -0.39 is 5.97 Å². The largest absolute Gasteiger partial charge is 0.466 e. The first-order valence-corrected chi connectivity index (χ1v) is 8.80. The fraction of sp³-hybridized carbons (Fsp3) is 0.200. The van der Waals surface area contributed by atoms with Crippen molar-refractivity contribution in [2.45, 2.75) is 19.9 Å². The van der Waals surface area contributed by atoms with Crippen molar-refractivity contribution in [2.24, 2.45) is 0 Å². The molecule has 0 unspecified atom stereocenters. The summed E-state index contributed by atoms with van der Waals surface area (Å²) >= 11 is 5.84. The number of nitrogens with zero attached hydrogens (tertiary/aromatic N) is 2. The van der Waals surface area contributed by atoms with Crippen molar-refractivity contribution in [1.82, 2.24) is 9.78 Å². The lowest BCUT2D eigenvalue weighted by atomic mass is 10.1. The van der Waals surface area contributed by atoms with Crippen LogP contribution in [0.5, 0.6) is 0 Å². The molecule has 0 amide bonds.